The molecule has 5 nitrogen and oxygen atoms in total. The van der Waals surface area contributed by atoms with E-state index < -0.39 is 0 Å². The molecule has 0 bridgehead atoms. The van der Waals surface area contributed by atoms with Gasteiger partial charge in [0.15, 0.2) is 5.82 Å². The molecule has 1 aliphatic carbocycles. The van der Waals surface area contributed by atoms with Crippen LogP contribution in [0.15, 0.2) is 18.2 Å². The van der Waals surface area contributed by atoms with E-state index in [1.807, 2.05) is 29.8 Å². The van der Waals surface area contributed by atoms with Crippen LogP contribution >= 0.6 is 0 Å². The summed E-state index contributed by atoms with van der Waals surface area (Å²) < 4.78 is 1.91. The Labute approximate surface area is 99.6 Å². The molecule has 88 valence electrons. The summed E-state index contributed by atoms with van der Waals surface area (Å²) in [4.78, 5) is 0. The van der Waals surface area contributed by atoms with E-state index >= 15 is 0 Å². The van der Waals surface area contributed by atoms with Crippen LogP contribution in [0.25, 0.3) is 11.4 Å². The third-order valence-corrected chi connectivity index (χ3v) is 3.36. The number of hydrogen-bond acceptors (Lipinski definition) is 4. The number of nitrogens with two attached hydrogens (primary N) is 1. The maximum absolute atomic E-state index is 6.00. The van der Waals surface area contributed by atoms with E-state index in [0.717, 1.165) is 35.5 Å². The summed E-state index contributed by atoms with van der Waals surface area (Å²) >= 11 is 0. The third kappa shape index (κ3) is 1.67. The molecule has 0 aliphatic heterocycles. The average molecular weight is 229 g/mol. The number of tetrazole rings is 1. The SMILES string of the molecule is Cc1ccc(N)c(-c2nnnn2C2CCC2)c1. The van der Waals surface area contributed by atoms with E-state index in [1.54, 1.807) is 0 Å². The number of nitrogen functional groups attached to an aromatic ring is 1. The largest absolute Gasteiger partial charge is 0.398 e. The van der Waals surface area contributed by atoms with Crippen molar-refractivity contribution in [2.24, 2.45) is 0 Å². The van der Waals surface area contributed by atoms with E-state index in [9.17, 15) is 0 Å². The number of nitrogens with zero attached hydrogens (tertiary/aromatic N) is 4. The smallest absolute Gasteiger partial charge is 0.184 e. The van der Waals surface area contributed by atoms with Crippen LogP contribution in [0.3, 0.4) is 0 Å². The third-order valence-electron chi connectivity index (χ3n) is 3.36. The molecule has 1 heterocycles. The second kappa shape index (κ2) is 3.84. The van der Waals surface area contributed by atoms with Crippen LogP contribution in [-0.4, -0.2) is 20.2 Å². The second-order valence-corrected chi connectivity index (χ2v) is 4.62. The van der Waals surface area contributed by atoms with Crippen molar-refractivity contribution >= 4 is 5.69 Å². The Morgan fingerprint density at radius 1 is 1.35 bits per heavy atom. The molecule has 1 fully saturated rings. The van der Waals surface area contributed by atoms with Gasteiger partial charge in [-0.3, -0.25) is 0 Å². The van der Waals surface area contributed by atoms with Crippen LogP contribution in [0.5, 0.6) is 0 Å². The summed E-state index contributed by atoms with van der Waals surface area (Å²) in [5, 5.41) is 12.0. The van der Waals surface area contributed by atoms with Gasteiger partial charge in [-0.25, -0.2) is 4.68 Å². The molecule has 1 saturated carbocycles. The molecule has 0 spiro atoms. The monoisotopic (exact) mass is 229 g/mol. The van der Waals surface area contributed by atoms with Gasteiger partial charge < -0.3 is 5.73 Å². The molecular formula is C12H15N5. The van der Waals surface area contributed by atoms with Crippen LogP contribution in [0.4, 0.5) is 5.69 Å². The maximum atomic E-state index is 6.00. The van der Waals surface area contributed by atoms with Gasteiger partial charge in [-0.1, -0.05) is 11.6 Å². The number of hydrogen-bond donors (Lipinski definition) is 1. The Kier molecular flexibility index (Phi) is 2.31. The van der Waals surface area contributed by atoms with Gasteiger partial charge in [-0.2, -0.15) is 0 Å². The van der Waals surface area contributed by atoms with Crippen molar-refractivity contribution in [2.45, 2.75) is 32.2 Å². The van der Waals surface area contributed by atoms with E-state index in [2.05, 4.69) is 15.5 Å². The number of aromatic nitrogens is 4. The van der Waals surface area contributed by atoms with E-state index in [0.29, 0.717) is 6.04 Å². The number of benzene rings is 1. The zero-order chi connectivity index (χ0) is 11.8. The molecule has 1 aromatic heterocycles. The van der Waals surface area contributed by atoms with Crippen molar-refractivity contribution in [1.82, 2.24) is 20.2 Å². The minimum absolute atomic E-state index is 0.444. The van der Waals surface area contributed by atoms with Crippen LogP contribution < -0.4 is 5.73 Å². The van der Waals surface area contributed by atoms with Crippen molar-refractivity contribution in [3.05, 3.63) is 23.8 Å². The summed E-state index contributed by atoms with van der Waals surface area (Å²) in [6, 6.07) is 6.39. The van der Waals surface area contributed by atoms with Crippen molar-refractivity contribution in [3.63, 3.8) is 0 Å². The summed E-state index contributed by atoms with van der Waals surface area (Å²) in [7, 11) is 0. The summed E-state index contributed by atoms with van der Waals surface area (Å²) in [5.74, 6) is 0.788. The zero-order valence-corrected chi connectivity index (χ0v) is 9.80. The zero-order valence-electron chi connectivity index (χ0n) is 9.80. The van der Waals surface area contributed by atoms with E-state index in [1.165, 1.54) is 6.42 Å². The molecule has 0 saturated heterocycles. The molecule has 17 heavy (non-hydrogen) atoms. The van der Waals surface area contributed by atoms with Gasteiger partial charge in [-0.05, 0) is 48.7 Å². The van der Waals surface area contributed by atoms with Gasteiger partial charge in [0, 0.05) is 11.3 Å². The van der Waals surface area contributed by atoms with E-state index in [4.69, 9.17) is 5.73 Å². The molecule has 0 radical (unpaired) electrons. The summed E-state index contributed by atoms with van der Waals surface area (Å²) in [6.07, 6.45) is 3.57. The fourth-order valence-corrected chi connectivity index (χ4v) is 2.11. The van der Waals surface area contributed by atoms with Crippen molar-refractivity contribution < 1.29 is 0 Å². The summed E-state index contributed by atoms with van der Waals surface area (Å²) in [6.45, 7) is 2.04. The molecule has 1 aliphatic rings. The fourth-order valence-electron chi connectivity index (χ4n) is 2.11. The van der Waals surface area contributed by atoms with Gasteiger partial charge in [0.25, 0.3) is 0 Å². The second-order valence-electron chi connectivity index (χ2n) is 4.62. The molecular weight excluding hydrogens is 214 g/mol. The number of aryl methyl sites for hydroxylation is 1. The lowest BCUT2D eigenvalue weighted by Gasteiger charge is -2.26. The van der Waals surface area contributed by atoms with Crippen LogP contribution in [0.2, 0.25) is 0 Å². The summed E-state index contributed by atoms with van der Waals surface area (Å²) in [5.41, 5.74) is 8.82. The average Bonchev–Trinajstić information content (AvgIpc) is 2.68. The maximum Gasteiger partial charge on any atom is 0.184 e. The minimum atomic E-state index is 0.444. The highest BCUT2D eigenvalue weighted by molar-refractivity contribution is 5.72. The van der Waals surface area contributed by atoms with Crippen molar-refractivity contribution in [2.75, 3.05) is 5.73 Å². The molecule has 5 heteroatoms. The normalized spacial score (nSPS) is 15.8. The minimum Gasteiger partial charge on any atom is -0.398 e. The van der Waals surface area contributed by atoms with Crippen LogP contribution in [0.1, 0.15) is 30.9 Å². The fraction of sp³-hybridized carbons (Fsp3) is 0.417. The first-order valence-corrected chi connectivity index (χ1v) is 5.90. The van der Waals surface area contributed by atoms with Gasteiger partial charge in [0.1, 0.15) is 0 Å². The predicted molar refractivity (Wildman–Crippen MR) is 65.3 cm³/mol. The first-order chi connectivity index (χ1) is 8.25. The molecule has 3 rings (SSSR count). The Morgan fingerprint density at radius 3 is 2.88 bits per heavy atom. The first-order valence-electron chi connectivity index (χ1n) is 5.90. The molecule has 2 aromatic rings. The Hall–Kier alpha value is -1.91. The lowest BCUT2D eigenvalue weighted by atomic mass is 9.93. The predicted octanol–water partition coefficient (Wildman–Crippen LogP) is 1.96. The van der Waals surface area contributed by atoms with Crippen LogP contribution in [-0.2, 0) is 0 Å². The highest BCUT2D eigenvalue weighted by Gasteiger charge is 2.24. The number of rotatable bonds is 2. The van der Waals surface area contributed by atoms with Crippen molar-refractivity contribution in [3.8, 4) is 11.4 Å². The highest BCUT2D eigenvalue weighted by Crippen LogP contribution is 2.34. The van der Waals surface area contributed by atoms with Gasteiger partial charge in [0.2, 0.25) is 0 Å². The first kappa shape index (κ1) is 10.3. The number of anilines is 1. The Morgan fingerprint density at radius 2 is 2.18 bits per heavy atom. The standard InChI is InChI=1S/C12H15N5/c1-8-5-6-11(13)10(7-8)12-14-15-16-17(12)9-3-2-4-9/h5-7,9H,2-4,13H2,1H3. The van der Waals surface area contributed by atoms with Gasteiger partial charge >= 0.3 is 0 Å². The lowest BCUT2D eigenvalue weighted by Crippen LogP contribution is -2.19. The quantitative estimate of drug-likeness (QED) is 0.799. The molecule has 0 amide bonds. The van der Waals surface area contributed by atoms with E-state index in [-0.39, 0.29) is 0 Å². The van der Waals surface area contributed by atoms with Gasteiger partial charge in [0.05, 0.1) is 6.04 Å². The Bertz CT molecular complexity index is 542. The van der Waals surface area contributed by atoms with Crippen LogP contribution in [0, 0.1) is 6.92 Å². The lowest BCUT2D eigenvalue weighted by molar-refractivity contribution is 0.287. The molecule has 0 unspecified atom stereocenters. The molecule has 1 aromatic carbocycles. The molecule has 0 atom stereocenters. The highest BCUT2D eigenvalue weighted by atomic mass is 15.6. The van der Waals surface area contributed by atoms with Crippen molar-refractivity contribution in [1.29, 1.82) is 0 Å². The Balaban J connectivity index is 2.08. The molecule has 2 N–H and O–H groups in total. The topological polar surface area (TPSA) is 69.6 Å². The van der Waals surface area contributed by atoms with Gasteiger partial charge in [-0.15, -0.1) is 5.10 Å².